The van der Waals surface area contributed by atoms with Crippen LogP contribution in [0.25, 0.3) is 10.9 Å². The van der Waals surface area contributed by atoms with Crippen LogP contribution in [0.15, 0.2) is 30.3 Å². The van der Waals surface area contributed by atoms with E-state index in [1.165, 1.54) is 0 Å². The molecule has 1 aliphatic heterocycles. The minimum absolute atomic E-state index is 0.0272. The molecule has 1 saturated heterocycles. The van der Waals surface area contributed by atoms with E-state index in [2.05, 4.69) is 4.98 Å². The summed E-state index contributed by atoms with van der Waals surface area (Å²) < 4.78 is 0. The van der Waals surface area contributed by atoms with Gasteiger partial charge in [0.1, 0.15) is 5.69 Å². The third-order valence-electron chi connectivity index (χ3n) is 3.95. The Morgan fingerprint density at radius 3 is 2.95 bits per heavy atom. The van der Waals surface area contributed by atoms with Crippen molar-refractivity contribution in [2.24, 2.45) is 5.92 Å². The smallest absolute Gasteiger partial charge is 0.270 e. The van der Waals surface area contributed by atoms with Gasteiger partial charge in [0.2, 0.25) is 0 Å². The van der Waals surface area contributed by atoms with Gasteiger partial charge in [-0.3, -0.25) is 4.79 Å². The van der Waals surface area contributed by atoms with Crippen LogP contribution in [0.5, 0.6) is 0 Å². The normalized spacial score (nSPS) is 20.9. The number of aliphatic hydroxyl groups excluding tert-OH is 1. The lowest BCUT2D eigenvalue weighted by Crippen LogP contribution is -2.30. The van der Waals surface area contributed by atoms with Crippen LogP contribution in [0, 0.1) is 5.92 Å². The molecule has 19 heavy (non-hydrogen) atoms. The monoisotopic (exact) mass is 258 g/mol. The van der Waals surface area contributed by atoms with Crippen LogP contribution in [0.1, 0.15) is 23.8 Å². The maximum atomic E-state index is 12.4. The van der Waals surface area contributed by atoms with Gasteiger partial charge in [-0.25, -0.2) is 0 Å². The van der Waals surface area contributed by atoms with Crippen LogP contribution < -0.4 is 0 Å². The number of likely N-dealkylation sites (tertiary alicyclic amines) is 1. The average Bonchev–Trinajstić information content (AvgIpc) is 3.04. The molecule has 1 aromatic heterocycles. The highest BCUT2D eigenvalue weighted by molar-refractivity contribution is 5.98. The molecule has 4 nitrogen and oxygen atoms in total. The second-order valence-electron chi connectivity index (χ2n) is 5.31. The number of carbonyl (C=O) groups is 1. The van der Waals surface area contributed by atoms with Crippen molar-refractivity contribution in [1.29, 1.82) is 0 Å². The number of nitrogens with one attached hydrogen (secondary N) is 1. The number of fused-ring (bicyclic) bond motifs is 1. The van der Waals surface area contributed by atoms with Crippen LogP contribution in [-0.2, 0) is 0 Å². The van der Waals surface area contributed by atoms with Gasteiger partial charge >= 0.3 is 0 Å². The number of aliphatic hydroxyl groups is 1. The van der Waals surface area contributed by atoms with Crippen LogP contribution in [0.2, 0.25) is 0 Å². The molecule has 0 spiro atoms. The molecule has 2 N–H and O–H groups in total. The van der Waals surface area contributed by atoms with Crippen LogP contribution >= 0.6 is 0 Å². The molecule has 2 heterocycles. The molecule has 1 aromatic carbocycles. The van der Waals surface area contributed by atoms with Crippen molar-refractivity contribution >= 4 is 16.8 Å². The number of rotatable bonds is 2. The number of aromatic amines is 1. The SMILES string of the molecule is CC(O)C1CCN(C(=O)c2cc3ccccc3[nH]2)C1. The van der Waals surface area contributed by atoms with Crippen molar-refractivity contribution in [3.63, 3.8) is 0 Å². The zero-order valence-electron chi connectivity index (χ0n) is 11.0. The summed E-state index contributed by atoms with van der Waals surface area (Å²) >= 11 is 0. The molecule has 0 aliphatic carbocycles. The zero-order chi connectivity index (χ0) is 13.4. The molecule has 1 aliphatic rings. The number of hydrogen-bond acceptors (Lipinski definition) is 2. The number of amides is 1. The molecule has 4 heteroatoms. The van der Waals surface area contributed by atoms with Crippen molar-refractivity contribution < 1.29 is 9.90 Å². The van der Waals surface area contributed by atoms with Gasteiger partial charge in [-0.2, -0.15) is 0 Å². The minimum atomic E-state index is -0.347. The maximum Gasteiger partial charge on any atom is 0.270 e. The standard InChI is InChI=1S/C15H18N2O2/c1-10(18)12-6-7-17(9-12)15(19)14-8-11-4-2-3-5-13(11)16-14/h2-5,8,10,12,16,18H,6-7,9H2,1H3. The first kappa shape index (κ1) is 12.2. The highest BCUT2D eigenvalue weighted by atomic mass is 16.3. The Hall–Kier alpha value is -1.81. The molecule has 2 atom stereocenters. The van der Waals surface area contributed by atoms with Gasteiger partial charge in [0, 0.05) is 29.9 Å². The number of benzene rings is 1. The lowest BCUT2D eigenvalue weighted by Gasteiger charge is -2.16. The molecule has 2 unspecified atom stereocenters. The molecule has 100 valence electrons. The van der Waals surface area contributed by atoms with E-state index in [4.69, 9.17) is 0 Å². The molecule has 0 bridgehead atoms. The lowest BCUT2D eigenvalue weighted by atomic mass is 10.0. The summed E-state index contributed by atoms with van der Waals surface area (Å²) in [6.07, 6.45) is 0.532. The minimum Gasteiger partial charge on any atom is -0.393 e. The summed E-state index contributed by atoms with van der Waals surface area (Å²) in [4.78, 5) is 17.4. The fraction of sp³-hybridized carbons (Fsp3) is 0.400. The van der Waals surface area contributed by atoms with Crippen molar-refractivity contribution in [1.82, 2.24) is 9.88 Å². The predicted molar refractivity (Wildman–Crippen MR) is 74.0 cm³/mol. The molecule has 2 aromatic rings. The van der Waals surface area contributed by atoms with E-state index in [0.29, 0.717) is 12.2 Å². The van der Waals surface area contributed by atoms with Crippen LogP contribution in [0.4, 0.5) is 0 Å². The Morgan fingerprint density at radius 2 is 2.26 bits per heavy atom. The second kappa shape index (κ2) is 4.70. The van der Waals surface area contributed by atoms with Gasteiger partial charge in [-0.05, 0) is 25.5 Å². The molecule has 1 fully saturated rings. The van der Waals surface area contributed by atoms with Crippen LogP contribution in [0.3, 0.4) is 0 Å². The van der Waals surface area contributed by atoms with Gasteiger partial charge in [-0.15, -0.1) is 0 Å². The van der Waals surface area contributed by atoms with E-state index in [1.54, 1.807) is 6.92 Å². The fourth-order valence-electron chi connectivity index (χ4n) is 2.72. The number of hydrogen-bond donors (Lipinski definition) is 2. The summed E-state index contributed by atoms with van der Waals surface area (Å²) in [5.74, 6) is 0.229. The topological polar surface area (TPSA) is 56.3 Å². The molecular formula is C15H18N2O2. The lowest BCUT2D eigenvalue weighted by molar-refractivity contribution is 0.0757. The average molecular weight is 258 g/mol. The van der Waals surface area contributed by atoms with Crippen molar-refractivity contribution in [2.75, 3.05) is 13.1 Å². The highest BCUT2D eigenvalue weighted by Crippen LogP contribution is 2.22. The fourth-order valence-corrected chi connectivity index (χ4v) is 2.72. The summed E-state index contributed by atoms with van der Waals surface area (Å²) in [7, 11) is 0. The zero-order valence-corrected chi connectivity index (χ0v) is 11.0. The first-order valence-corrected chi connectivity index (χ1v) is 6.70. The first-order valence-electron chi connectivity index (χ1n) is 6.70. The Labute approximate surface area is 112 Å². The first-order chi connectivity index (χ1) is 9.15. The van der Waals surface area contributed by atoms with E-state index in [-0.39, 0.29) is 17.9 Å². The van der Waals surface area contributed by atoms with Crippen LogP contribution in [-0.4, -0.2) is 40.1 Å². The summed E-state index contributed by atoms with van der Waals surface area (Å²) in [6.45, 7) is 3.16. The molecule has 1 amide bonds. The molecule has 0 saturated carbocycles. The molecular weight excluding hydrogens is 240 g/mol. The van der Waals surface area contributed by atoms with E-state index in [9.17, 15) is 9.90 Å². The summed E-state index contributed by atoms with van der Waals surface area (Å²) in [5.41, 5.74) is 1.62. The van der Waals surface area contributed by atoms with E-state index < -0.39 is 0 Å². The quantitative estimate of drug-likeness (QED) is 0.865. The van der Waals surface area contributed by atoms with Gasteiger partial charge in [-0.1, -0.05) is 18.2 Å². The number of H-pyrrole nitrogens is 1. The number of carbonyl (C=O) groups excluding carboxylic acids is 1. The maximum absolute atomic E-state index is 12.4. The Kier molecular flexibility index (Phi) is 3.03. The third-order valence-corrected chi connectivity index (χ3v) is 3.95. The molecule has 0 radical (unpaired) electrons. The van der Waals surface area contributed by atoms with Gasteiger partial charge in [0.05, 0.1) is 6.10 Å². The number of para-hydroxylation sites is 1. The molecule has 3 rings (SSSR count). The Bertz CT molecular complexity index is 570. The van der Waals surface area contributed by atoms with E-state index >= 15 is 0 Å². The van der Waals surface area contributed by atoms with Gasteiger partial charge in [0.25, 0.3) is 5.91 Å². The summed E-state index contributed by atoms with van der Waals surface area (Å²) in [6, 6.07) is 9.77. The third kappa shape index (κ3) is 2.24. The van der Waals surface area contributed by atoms with Crippen molar-refractivity contribution in [3.8, 4) is 0 Å². The highest BCUT2D eigenvalue weighted by Gasteiger charge is 2.30. The van der Waals surface area contributed by atoms with E-state index in [0.717, 1.165) is 23.9 Å². The second-order valence-corrected chi connectivity index (χ2v) is 5.31. The number of aromatic nitrogens is 1. The van der Waals surface area contributed by atoms with Crippen molar-refractivity contribution in [2.45, 2.75) is 19.4 Å². The van der Waals surface area contributed by atoms with Crippen molar-refractivity contribution in [3.05, 3.63) is 36.0 Å². The Balaban J connectivity index is 1.80. The largest absolute Gasteiger partial charge is 0.393 e. The number of nitrogens with zero attached hydrogens (tertiary/aromatic N) is 1. The van der Waals surface area contributed by atoms with Gasteiger partial charge in [0.15, 0.2) is 0 Å². The Morgan fingerprint density at radius 1 is 1.47 bits per heavy atom. The summed E-state index contributed by atoms with van der Waals surface area (Å²) in [5, 5.41) is 10.6. The van der Waals surface area contributed by atoms with Gasteiger partial charge < -0.3 is 15.0 Å². The predicted octanol–water partition coefficient (Wildman–Crippen LogP) is 2.01. The van der Waals surface area contributed by atoms with E-state index in [1.807, 2.05) is 35.2 Å².